The molecule has 0 aromatic carbocycles. The van der Waals surface area contributed by atoms with Crippen molar-refractivity contribution in [1.29, 1.82) is 0 Å². The van der Waals surface area contributed by atoms with Crippen molar-refractivity contribution in [3.63, 3.8) is 0 Å². The second kappa shape index (κ2) is 5.95. The standard InChI is InChI=1S/C19H29N3O/c1-14-3-6-22(21-14)5-2-4-20-18(23)13-19-10-15-7-16(11-19)9-17(8-15)12-19/h3,6,15-17H,2,4-5,7-13H2,1H3,(H,20,23). The molecule has 23 heavy (non-hydrogen) atoms. The Hall–Kier alpha value is -1.32. The average Bonchev–Trinajstić information content (AvgIpc) is 2.87. The van der Waals surface area contributed by atoms with Crippen LogP contribution in [0.4, 0.5) is 0 Å². The largest absolute Gasteiger partial charge is 0.356 e. The highest BCUT2D eigenvalue weighted by Crippen LogP contribution is 2.61. The van der Waals surface area contributed by atoms with Gasteiger partial charge in [0, 0.05) is 25.7 Å². The molecule has 4 saturated carbocycles. The minimum Gasteiger partial charge on any atom is -0.356 e. The second-order valence-corrected chi connectivity index (χ2v) is 8.52. The molecule has 5 rings (SSSR count). The van der Waals surface area contributed by atoms with Crippen molar-refractivity contribution in [3.8, 4) is 0 Å². The zero-order chi connectivity index (χ0) is 15.9. The van der Waals surface area contributed by atoms with Crippen LogP contribution < -0.4 is 5.32 Å². The van der Waals surface area contributed by atoms with Gasteiger partial charge in [-0.2, -0.15) is 5.10 Å². The Kier molecular flexibility index (Phi) is 3.94. The van der Waals surface area contributed by atoms with Crippen LogP contribution in [0.15, 0.2) is 12.3 Å². The molecule has 1 aromatic heterocycles. The molecule has 4 fully saturated rings. The van der Waals surface area contributed by atoms with E-state index in [0.29, 0.717) is 5.41 Å². The maximum atomic E-state index is 12.4. The van der Waals surface area contributed by atoms with Crippen molar-refractivity contribution in [1.82, 2.24) is 15.1 Å². The van der Waals surface area contributed by atoms with E-state index in [4.69, 9.17) is 0 Å². The van der Waals surface area contributed by atoms with Crippen LogP contribution in [0.3, 0.4) is 0 Å². The number of nitrogens with one attached hydrogen (secondary N) is 1. The summed E-state index contributed by atoms with van der Waals surface area (Å²) in [7, 11) is 0. The van der Waals surface area contributed by atoms with Gasteiger partial charge in [-0.1, -0.05) is 0 Å². The first-order valence-electron chi connectivity index (χ1n) is 9.37. The maximum Gasteiger partial charge on any atom is 0.220 e. The lowest BCUT2D eigenvalue weighted by atomic mass is 9.49. The number of carbonyl (C=O) groups excluding carboxylic acids is 1. The average molecular weight is 315 g/mol. The van der Waals surface area contributed by atoms with E-state index in [0.717, 1.165) is 49.4 Å². The quantitative estimate of drug-likeness (QED) is 0.819. The molecule has 0 aliphatic heterocycles. The summed E-state index contributed by atoms with van der Waals surface area (Å²) in [5.74, 6) is 3.06. The van der Waals surface area contributed by atoms with E-state index in [2.05, 4.69) is 10.4 Å². The molecular formula is C19H29N3O. The fourth-order valence-electron chi connectivity index (χ4n) is 5.97. The van der Waals surface area contributed by atoms with Crippen molar-refractivity contribution in [2.45, 2.75) is 64.8 Å². The van der Waals surface area contributed by atoms with E-state index >= 15 is 0 Å². The Morgan fingerprint density at radius 1 is 1.26 bits per heavy atom. The van der Waals surface area contributed by atoms with Gasteiger partial charge in [0.2, 0.25) is 5.91 Å². The molecule has 4 nitrogen and oxygen atoms in total. The first-order chi connectivity index (χ1) is 11.1. The van der Waals surface area contributed by atoms with E-state index in [9.17, 15) is 4.79 Å². The molecule has 1 heterocycles. The van der Waals surface area contributed by atoms with Gasteiger partial charge in [-0.3, -0.25) is 9.48 Å². The van der Waals surface area contributed by atoms with Crippen LogP contribution in [0.25, 0.3) is 0 Å². The van der Waals surface area contributed by atoms with Crippen molar-refractivity contribution in [2.24, 2.45) is 23.2 Å². The third kappa shape index (κ3) is 3.31. The molecule has 4 aliphatic carbocycles. The number of hydrogen-bond acceptors (Lipinski definition) is 2. The normalized spacial score (nSPS) is 34.7. The second-order valence-electron chi connectivity index (χ2n) is 8.52. The van der Waals surface area contributed by atoms with Crippen molar-refractivity contribution < 1.29 is 4.79 Å². The molecule has 4 aliphatic rings. The molecular weight excluding hydrogens is 286 g/mol. The van der Waals surface area contributed by atoms with Gasteiger partial charge >= 0.3 is 0 Å². The number of carbonyl (C=O) groups is 1. The molecule has 4 heteroatoms. The van der Waals surface area contributed by atoms with Crippen LogP contribution in [0.2, 0.25) is 0 Å². The molecule has 1 aromatic rings. The van der Waals surface area contributed by atoms with Gasteiger partial charge in [-0.15, -0.1) is 0 Å². The molecule has 1 amide bonds. The minimum absolute atomic E-state index is 0.281. The third-order valence-corrected chi connectivity index (χ3v) is 6.36. The Balaban J connectivity index is 1.23. The topological polar surface area (TPSA) is 46.9 Å². The van der Waals surface area contributed by atoms with E-state index < -0.39 is 0 Å². The van der Waals surface area contributed by atoms with Gasteiger partial charge < -0.3 is 5.32 Å². The monoisotopic (exact) mass is 315 g/mol. The van der Waals surface area contributed by atoms with Gasteiger partial charge in [0.1, 0.15) is 0 Å². The molecule has 0 atom stereocenters. The zero-order valence-corrected chi connectivity index (χ0v) is 14.3. The minimum atomic E-state index is 0.281. The van der Waals surface area contributed by atoms with E-state index in [-0.39, 0.29) is 5.91 Å². The summed E-state index contributed by atoms with van der Waals surface area (Å²) in [5, 5.41) is 7.53. The Bertz CT molecular complexity index is 542. The predicted octanol–water partition coefficient (Wildman–Crippen LogP) is 3.30. The summed E-state index contributed by atoms with van der Waals surface area (Å²) >= 11 is 0. The highest BCUT2D eigenvalue weighted by molar-refractivity contribution is 5.76. The number of amides is 1. The lowest BCUT2D eigenvalue weighted by Gasteiger charge is -2.56. The summed E-state index contributed by atoms with van der Waals surface area (Å²) < 4.78 is 1.96. The molecule has 126 valence electrons. The first-order valence-corrected chi connectivity index (χ1v) is 9.37. The van der Waals surface area contributed by atoms with Gasteiger partial charge in [-0.25, -0.2) is 0 Å². The lowest BCUT2D eigenvalue weighted by Crippen LogP contribution is -2.48. The molecule has 1 N–H and O–H groups in total. The molecule has 4 bridgehead atoms. The lowest BCUT2D eigenvalue weighted by molar-refractivity contribution is -0.129. The van der Waals surface area contributed by atoms with Gasteiger partial charge in [0.05, 0.1) is 5.69 Å². The summed E-state index contributed by atoms with van der Waals surface area (Å²) in [6, 6.07) is 2.02. The third-order valence-electron chi connectivity index (χ3n) is 6.36. The van der Waals surface area contributed by atoms with Crippen LogP contribution in [0.5, 0.6) is 0 Å². The Labute approximate surface area is 139 Å². The molecule has 0 spiro atoms. The van der Waals surface area contributed by atoms with Crippen LogP contribution in [0.1, 0.15) is 57.1 Å². The van der Waals surface area contributed by atoms with Crippen LogP contribution in [0, 0.1) is 30.1 Å². The SMILES string of the molecule is Cc1ccn(CCCNC(=O)CC23CC4CC(CC(C4)C2)C3)n1. The van der Waals surface area contributed by atoms with Crippen molar-refractivity contribution >= 4 is 5.91 Å². The highest BCUT2D eigenvalue weighted by atomic mass is 16.1. The van der Waals surface area contributed by atoms with Crippen LogP contribution in [-0.2, 0) is 11.3 Å². The molecule has 0 saturated heterocycles. The first kappa shape index (κ1) is 15.2. The smallest absolute Gasteiger partial charge is 0.220 e. The molecule has 0 radical (unpaired) electrons. The van der Waals surface area contributed by atoms with Crippen molar-refractivity contribution in [2.75, 3.05) is 6.54 Å². The zero-order valence-electron chi connectivity index (χ0n) is 14.3. The van der Waals surface area contributed by atoms with E-state index in [1.165, 1.54) is 38.5 Å². The van der Waals surface area contributed by atoms with Crippen molar-refractivity contribution in [3.05, 3.63) is 18.0 Å². The fourth-order valence-corrected chi connectivity index (χ4v) is 5.97. The number of aromatic nitrogens is 2. The number of aryl methyl sites for hydroxylation is 2. The van der Waals surface area contributed by atoms with Crippen LogP contribution >= 0.6 is 0 Å². The summed E-state index contributed by atoms with van der Waals surface area (Å²) in [5.41, 5.74) is 1.41. The Morgan fingerprint density at radius 2 is 1.91 bits per heavy atom. The van der Waals surface area contributed by atoms with Gasteiger partial charge in [0.25, 0.3) is 0 Å². The summed E-state index contributed by atoms with van der Waals surface area (Å²) in [6.07, 6.45) is 12.0. The van der Waals surface area contributed by atoms with E-state index in [1.54, 1.807) is 0 Å². The highest BCUT2D eigenvalue weighted by Gasteiger charge is 2.51. The predicted molar refractivity (Wildman–Crippen MR) is 89.8 cm³/mol. The van der Waals surface area contributed by atoms with Gasteiger partial charge in [-0.05, 0) is 81.1 Å². The number of rotatable bonds is 6. The number of hydrogen-bond donors (Lipinski definition) is 1. The molecule has 0 unspecified atom stereocenters. The fraction of sp³-hybridized carbons (Fsp3) is 0.789. The number of nitrogens with zero attached hydrogens (tertiary/aromatic N) is 2. The maximum absolute atomic E-state index is 12.4. The van der Waals surface area contributed by atoms with E-state index in [1.807, 2.05) is 23.9 Å². The van der Waals surface area contributed by atoms with Gasteiger partial charge in [0.15, 0.2) is 0 Å². The summed E-state index contributed by atoms with van der Waals surface area (Å²) in [6.45, 7) is 3.65. The van der Waals surface area contributed by atoms with Crippen LogP contribution in [-0.4, -0.2) is 22.2 Å². The Morgan fingerprint density at radius 3 is 2.48 bits per heavy atom. The summed E-state index contributed by atoms with van der Waals surface area (Å²) in [4.78, 5) is 12.4.